The van der Waals surface area contributed by atoms with Crippen molar-refractivity contribution in [2.45, 2.75) is 54.4 Å². The van der Waals surface area contributed by atoms with Crippen LogP contribution in [0.25, 0.3) is 79.0 Å². The van der Waals surface area contributed by atoms with Crippen LogP contribution in [0.4, 0.5) is 17.1 Å². The van der Waals surface area contributed by atoms with Gasteiger partial charge >= 0.3 is 0 Å². The van der Waals surface area contributed by atoms with Gasteiger partial charge in [-0.25, -0.2) is 0 Å². The van der Waals surface area contributed by atoms with Gasteiger partial charge in [0.05, 0.1) is 5.69 Å². The Kier molecular flexibility index (Phi) is 13.3. The third kappa shape index (κ3) is 7.92. The van der Waals surface area contributed by atoms with Gasteiger partial charge in [-0.3, -0.25) is 0 Å². The van der Waals surface area contributed by atoms with Crippen molar-refractivity contribution in [2.75, 3.05) is 10.6 Å². The summed E-state index contributed by atoms with van der Waals surface area (Å²) in [5.41, 5.74) is 20.2. The molecule has 4 heteroatoms. The molecular formula is C54H54N2O2. The highest BCUT2D eigenvalue weighted by Gasteiger charge is 2.23. The van der Waals surface area contributed by atoms with Gasteiger partial charge < -0.3 is 19.5 Å². The van der Waals surface area contributed by atoms with Crippen LogP contribution in [-0.4, -0.2) is 0 Å². The second-order valence-electron chi connectivity index (χ2n) is 13.2. The number of fused-ring (bicyclic) bond motifs is 6. The molecule has 58 heavy (non-hydrogen) atoms. The fourth-order valence-corrected chi connectivity index (χ4v) is 7.47. The molecule has 4 nitrogen and oxygen atoms in total. The molecule has 0 amide bonds. The SMILES string of the molecule is C=Cc1c(/C=C\c2ccccc2-c2ccccc2N)oc2c3c(ccc12)N(c1cccc(-c2ccc4oc5ccccc5c4c2)c1)/C=C\CCC3=C.CC.CC.CC. The van der Waals surface area contributed by atoms with Gasteiger partial charge in [-0.15, -0.1) is 0 Å². The van der Waals surface area contributed by atoms with Crippen molar-refractivity contribution in [3.05, 3.63) is 175 Å². The lowest BCUT2D eigenvalue weighted by Gasteiger charge is -2.27. The van der Waals surface area contributed by atoms with E-state index in [9.17, 15) is 0 Å². The topological polar surface area (TPSA) is 55.5 Å². The van der Waals surface area contributed by atoms with Gasteiger partial charge in [0.1, 0.15) is 22.5 Å². The van der Waals surface area contributed by atoms with Gasteiger partial charge in [-0.2, -0.15) is 0 Å². The van der Waals surface area contributed by atoms with Crippen molar-refractivity contribution in [3.63, 3.8) is 0 Å². The van der Waals surface area contributed by atoms with Gasteiger partial charge in [-0.05, 0) is 95.3 Å². The number of nitrogens with zero attached hydrogens (tertiary/aromatic N) is 1. The predicted octanol–water partition coefficient (Wildman–Crippen LogP) is 16.6. The van der Waals surface area contributed by atoms with Crippen LogP contribution < -0.4 is 10.6 Å². The van der Waals surface area contributed by atoms with Crippen molar-refractivity contribution in [2.24, 2.45) is 0 Å². The summed E-state index contributed by atoms with van der Waals surface area (Å²) in [6.45, 7) is 20.8. The van der Waals surface area contributed by atoms with Gasteiger partial charge in [0.15, 0.2) is 0 Å². The molecule has 1 aliphatic heterocycles. The number of allylic oxidation sites excluding steroid dienone is 2. The quantitative estimate of drug-likeness (QED) is 0.171. The fraction of sp³-hybridized carbons (Fsp3) is 0.148. The number of hydrogen-bond acceptors (Lipinski definition) is 4. The summed E-state index contributed by atoms with van der Waals surface area (Å²) < 4.78 is 12.9. The zero-order valence-corrected chi connectivity index (χ0v) is 34.7. The Morgan fingerprint density at radius 1 is 0.638 bits per heavy atom. The molecule has 8 aromatic rings. The van der Waals surface area contributed by atoms with Crippen molar-refractivity contribution >= 4 is 73.8 Å². The Hall–Kier alpha value is -6.78. The van der Waals surface area contributed by atoms with E-state index in [2.05, 4.69) is 121 Å². The Bertz CT molecular complexity index is 2760. The van der Waals surface area contributed by atoms with E-state index in [0.717, 1.165) is 113 Å². The number of hydrogen-bond donors (Lipinski definition) is 1. The summed E-state index contributed by atoms with van der Waals surface area (Å²) in [7, 11) is 0. The normalized spacial score (nSPS) is 12.7. The summed E-state index contributed by atoms with van der Waals surface area (Å²) in [5, 5.41) is 3.24. The van der Waals surface area contributed by atoms with E-state index in [0.29, 0.717) is 0 Å². The molecule has 0 spiro atoms. The standard InChI is InChI=1S/C48H36N2O2.3C2H6/c1-3-36-40-24-25-43-47(48(40)52-45(36)26-22-32-14-4-5-17-37(32)38-18-6-8-20-42(38)49)31(2)13-10-11-28-50(43)35-16-12-15-33(29-35)34-23-27-46-41(30-34)39-19-7-9-21-44(39)51-46;3*1-2/h3-9,11-12,14-30H,1-2,10,13,49H2;3*1-2H3/b26-22-,28-11-;;;. The number of para-hydroxylation sites is 2. The molecule has 0 bridgehead atoms. The predicted molar refractivity (Wildman–Crippen MR) is 254 cm³/mol. The molecule has 0 fully saturated rings. The van der Waals surface area contributed by atoms with Gasteiger partial charge in [0.25, 0.3) is 0 Å². The first-order chi connectivity index (χ1) is 28.6. The fourth-order valence-electron chi connectivity index (χ4n) is 7.47. The Balaban J connectivity index is 0.000000905. The number of rotatable bonds is 6. The minimum absolute atomic E-state index is 0.743. The minimum Gasteiger partial charge on any atom is -0.456 e. The maximum atomic E-state index is 6.79. The minimum atomic E-state index is 0.743. The largest absolute Gasteiger partial charge is 0.456 e. The molecule has 6 aromatic carbocycles. The van der Waals surface area contributed by atoms with Crippen LogP contribution in [-0.2, 0) is 0 Å². The highest BCUT2D eigenvalue weighted by Crippen LogP contribution is 2.44. The molecule has 0 saturated heterocycles. The van der Waals surface area contributed by atoms with Crippen LogP contribution in [0.3, 0.4) is 0 Å². The maximum absolute atomic E-state index is 6.79. The Morgan fingerprint density at radius 3 is 2.14 bits per heavy atom. The first-order valence-corrected chi connectivity index (χ1v) is 20.6. The average molecular weight is 763 g/mol. The molecule has 0 radical (unpaired) electrons. The first kappa shape index (κ1) is 40.9. The molecule has 0 unspecified atom stereocenters. The second-order valence-corrected chi connectivity index (χ2v) is 13.2. The lowest BCUT2D eigenvalue weighted by Crippen LogP contribution is -2.12. The van der Waals surface area contributed by atoms with Crippen LogP contribution in [0.5, 0.6) is 0 Å². The van der Waals surface area contributed by atoms with Gasteiger partial charge in [0, 0.05) is 50.4 Å². The number of nitrogens with two attached hydrogens (primary N) is 1. The molecule has 9 rings (SSSR count). The number of anilines is 3. The number of nitrogen functional groups attached to an aromatic ring is 1. The molecule has 2 N–H and O–H groups in total. The summed E-state index contributed by atoms with van der Waals surface area (Å²) in [5.74, 6) is 0.746. The molecule has 3 heterocycles. The van der Waals surface area contributed by atoms with Crippen molar-refractivity contribution in [1.82, 2.24) is 0 Å². The highest BCUT2D eigenvalue weighted by molar-refractivity contribution is 6.07. The Labute approximate surface area is 343 Å². The summed E-state index contributed by atoms with van der Waals surface area (Å²) in [4.78, 5) is 2.25. The van der Waals surface area contributed by atoms with Crippen LogP contribution in [0.2, 0.25) is 0 Å². The first-order valence-electron chi connectivity index (χ1n) is 20.6. The van der Waals surface area contributed by atoms with E-state index in [1.54, 1.807) is 0 Å². The molecule has 0 saturated carbocycles. The van der Waals surface area contributed by atoms with Crippen LogP contribution in [0.1, 0.15) is 76.8 Å². The zero-order chi connectivity index (χ0) is 41.2. The molecular weight excluding hydrogens is 709 g/mol. The smallest absolute Gasteiger partial charge is 0.145 e. The molecule has 0 atom stereocenters. The second kappa shape index (κ2) is 18.9. The van der Waals surface area contributed by atoms with E-state index < -0.39 is 0 Å². The zero-order valence-electron chi connectivity index (χ0n) is 34.7. The molecule has 1 aliphatic rings. The lowest BCUT2D eigenvalue weighted by atomic mass is 9.95. The van der Waals surface area contributed by atoms with Crippen molar-refractivity contribution < 1.29 is 8.83 Å². The van der Waals surface area contributed by atoms with E-state index in [4.69, 9.17) is 14.6 Å². The van der Waals surface area contributed by atoms with E-state index in [-0.39, 0.29) is 0 Å². The summed E-state index contributed by atoms with van der Waals surface area (Å²) in [6, 6.07) is 43.8. The van der Waals surface area contributed by atoms with E-state index >= 15 is 0 Å². The number of furan rings is 2. The summed E-state index contributed by atoms with van der Waals surface area (Å²) >= 11 is 0. The highest BCUT2D eigenvalue weighted by atomic mass is 16.3. The molecule has 0 aliphatic carbocycles. The lowest BCUT2D eigenvalue weighted by molar-refractivity contribution is 0.602. The number of benzene rings is 6. The van der Waals surface area contributed by atoms with Crippen LogP contribution in [0.15, 0.2) is 162 Å². The third-order valence-corrected chi connectivity index (χ3v) is 10.0. The summed E-state index contributed by atoms with van der Waals surface area (Å²) in [6.07, 6.45) is 12.1. The molecule has 292 valence electrons. The van der Waals surface area contributed by atoms with Crippen LogP contribution in [0, 0.1) is 0 Å². The Morgan fingerprint density at radius 2 is 1.34 bits per heavy atom. The molecule has 2 aromatic heterocycles. The monoisotopic (exact) mass is 762 g/mol. The van der Waals surface area contributed by atoms with Gasteiger partial charge in [0.2, 0.25) is 0 Å². The van der Waals surface area contributed by atoms with Crippen molar-refractivity contribution in [3.8, 4) is 22.3 Å². The van der Waals surface area contributed by atoms with E-state index in [1.807, 2.05) is 96.2 Å². The van der Waals surface area contributed by atoms with Crippen molar-refractivity contribution in [1.29, 1.82) is 0 Å². The van der Waals surface area contributed by atoms with Crippen LogP contribution >= 0.6 is 0 Å². The maximum Gasteiger partial charge on any atom is 0.145 e. The van der Waals surface area contributed by atoms with E-state index in [1.165, 1.54) is 0 Å². The van der Waals surface area contributed by atoms with Gasteiger partial charge in [-0.1, -0.05) is 152 Å². The third-order valence-electron chi connectivity index (χ3n) is 10.0. The average Bonchev–Trinajstić information content (AvgIpc) is 3.84.